The van der Waals surface area contributed by atoms with Crippen LogP contribution in [0.4, 0.5) is 0 Å². The lowest BCUT2D eigenvalue weighted by molar-refractivity contribution is 0.0515. The van der Waals surface area contributed by atoms with Gasteiger partial charge in [-0.05, 0) is 45.2 Å². The molecular formula is C13H27N3. The minimum Gasteiger partial charge on any atom is -0.329 e. The molecule has 94 valence electrons. The van der Waals surface area contributed by atoms with Crippen LogP contribution < -0.4 is 5.73 Å². The zero-order valence-electron chi connectivity index (χ0n) is 11.1. The molecular weight excluding hydrogens is 198 g/mol. The van der Waals surface area contributed by atoms with Crippen LogP contribution in [-0.4, -0.2) is 55.1 Å². The summed E-state index contributed by atoms with van der Waals surface area (Å²) in [5, 5.41) is 0. The lowest BCUT2D eigenvalue weighted by atomic mass is 9.82. The highest BCUT2D eigenvalue weighted by molar-refractivity contribution is 5.09. The Bertz CT molecular complexity index is 250. The zero-order valence-corrected chi connectivity index (χ0v) is 11.1. The molecule has 3 nitrogen and oxygen atoms in total. The third-order valence-electron chi connectivity index (χ3n) is 5.12. The first-order chi connectivity index (χ1) is 7.52. The van der Waals surface area contributed by atoms with Gasteiger partial charge in [0.1, 0.15) is 0 Å². The Kier molecular flexibility index (Phi) is 3.30. The summed E-state index contributed by atoms with van der Waals surface area (Å²) in [7, 11) is 2.22. The zero-order chi connectivity index (χ0) is 11.8. The Morgan fingerprint density at radius 1 is 1.19 bits per heavy atom. The van der Waals surface area contributed by atoms with Gasteiger partial charge >= 0.3 is 0 Å². The predicted molar refractivity (Wildman–Crippen MR) is 68.5 cm³/mol. The van der Waals surface area contributed by atoms with Crippen molar-refractivity contribution in [3.8, 4) is 0 Å². The van der Waals surface area contributed by atoms with Crippen molar-refractivity contribution in [1.29, 1.82) is 0 Å². The molecule has 0 aromatic rings. The summed E-state index contributed by atoms with van der Waals surface area (Å²) >= 11 is 0. The topological polar surface area (TPSA) is 32.5 Å². The van der Waals surface area contributed by atoms with Crippen LogP contribution in [0.5, 0.6) is 0 Å². The van der Waals surface area contributed by atoms with E-state index in [1.165, 1.54) is 45.4 Å². The van der Waals surface area contributed by atoms with Crippen molar-refractivity contribution < 1.29 is 0 Å². The minimum absolute atomic E-state index is 0.220. The molecule has 2 N–H and O–H groups in total. The van der Waals surface area contributed by atoms with E-state index < -0.39 is 0 Å². The minimum atomic E-state index is 0.220. The largest absolute Gasteiger partial charge is 0.329 e. The predicted octanol–water partition coefficient (Wildman–Crippen LogP) is 1.14. The second kappa shape index (κ2) is 4.28. The van der Waals surface area contributed by atoms with Gasteiger partial charge in [-0.25, -0.2) is 0 Å². The number of hydrogen-bond acceptors (Lipinski definition) is 3. The molecule has 1 saturated carbocycles. The highest BCUT2D eigenvalue weighted by atomic mass is 15.3. The summed E-state index contributed by atoms with van der Waals surface area (Å²) in [6.07, 6.45) is 3.99. The number of nitrogens with two attached hydrogens (primary N) is 1. The summed E-state index contributed by atoms with van der Waals surface area (Å²) < 4.78 is 0. The van der Waals surface area contributed by atoms with E-state index in [9.17, 15) is 0 Å². The SMILES string of the molecule is CN1CCCN(C(C)(CN)C2(C)CC2)CC1. The fourth-order valence-electron chi connectivity index (χ4n) is 3.02. The van der Waals surface area contributed by atoms with Gasteiger partial charge in [0.15, 0.2) is 0 Å². The van der Waals surface area contributed by atoms with E-state index in [-0.39, 0.29) is 5.54 Å². The van der Waals surface area contributed by atoms with Crippen LogP contribution >= 0.6 is 0 Å². The van der Waals surface area contributed by atoms with Crippen LogP contribution in [0, 0.1) is 5.41 Å². The Morgan fingerprint density at radius 2 is 1.88 bits per heavy atom. The lowest BCUT2D eigenvalue weighted by Gasteiger charge is -2.45. The second-order valence-corrected chi connectivity index (χ2v) is 6.18. The van der Waals surface area contributed by atoms with Gasteiger partial charge in [-0.2, -0.15) is 0 Å². The molecule has 0 spiro atoms. The molecule has 1 aliphatic heterocycles. The van der Waals surface area contributed by atoms with Gasteiger partial charge in [-0.1, -0.05) is 6.92 Å². The Morgan fingerprint density at radius 3 is 2.44 bits per heavy atom. The maximum atomic E-state index is 6.09. The molecule has 1 heterocycles. The van der Waals surface area contributed by atoms with Gasteiger partial charge in [0.25, 0.3) is 0 Å². The third kappa shape index (κ3) is 2.01. The van der Waals surface area contributed by atoms with Gasteiger partial charge in [-0.3, -0.25) is 4.90 Å². The van der Waals surface area contributed by atoms with Crippen LogP contribution in [0.3, 0.4) is 0 Å². The van der Waals surface area contributed by atoms with Gasteiger partial charge < -0.3 is 10.6 Å². The van der Waals surface area contributed by atoms with Crippen molar-refractivity contribution in [1.82, 2.24) is 9.80 Å². The third-order valence-corrected chi connectivity index (χ3v) is 5.12. The maximum absolute atomic E-state index is 6.09. The van der Waals surface area contributed by atoms with Gasteiger partial charge in [0.2, 0.25) is 0 Å². The van der Waals surface area contributed by atoms with Gasteiger partial charge in [0, 0.05) is 31.7 Å². The first-order valence-electron chi connectivity index (χ1n) is 6.65. The highest BCUT2D eigenvalue weighted by Gasteiger charge is 2.54. The van der Waals surface area contributed by atoms with E-state index in [1.807, 2.05) is 0 Å². The number of likely N-dealkylation sites (N-methyl/N-ethyl adjacent to an activating group) is 1. The number of nitrogens with zero attached hydrogens (tertiary/aromatic N) is 2. The molecule has 1 saturated heterocycles. The summed E-state index contributed by atoms with van der Waals surface area (Å²) in [6, 6.07) is 0. The van der Waals surface area contributed by atoms with Gasteiger partial charge in [0.05, 0.1) is 0 Å². The smallest absolute Gasteiger partial charge is 0.0357 e. The van der Waals surface area contributed by atoms with Crippen molar-refractivity contribution in [2.45, 2.75) is 38.6 Å². The molecule has 2 rings (SSSR count). The second-order valence-electron chi connectivity index (χ2n) is 6.18. The summed E-state index contributed by atoms with van der Waals surface area (Å²) in [4.78, 5) is 5.09. The summed E-state index contributed by atoms with van der Waals surface area (Å²) in [5.41, 5.74) is 6.79. The van der Waals surface area contributed by atoms with Crippen LogP contribution in [0.15, 0.2) is 0 Å². The molecule has 1 unspecified atom stereocenters. The highest BCUT2D eigenvalue weighted by Crippen LogP contribution is 2.55. The summed E-state index contributed by atoms with van der Waals surface area (Å²) in [5.74, 6) is 0. The average molecular weight is 225 g/mol. The van der Waals surface area contributed by atoms with Crippen molar-refractivity contribution in [2.75, 3.05) is 39.8 Å². The van der Waals surface area contributed by atoms with Crippen LogP contribution in [0.25, 0.3) is 0 Å². The quantitative estimate of drug-likeness (QED) is 0.782. The van der Waals surface area contributed by atoms with E-state index in [0.717, 1.165) is 6.54 Å². The van der Waals surface area contributed by atoms with E-state index >= 15 is 0 Å². The molecule has 0 bridgehead atoms. The average Bonchev–Trinajstić information content (AvgIpc) is 3.03. The van der Waals surface area contributed by atoms with E-state index in [4.69, 9.17) is 5.73 Å². The van der Waals surface area contributed by atoms with Crippen molar-refractivity contribution in [3.63, 3.8) is 0 Å². The molecule has 2 fully saturated rings. The number of rotatable bonds is 3. The van der Waals surface area contributed by atoms with Crippen LogP contribution in [0.1, 0.15) is 33.1 Å². The normalized spacial score (nSPS) is 30.8. The Balaban J connectivity index is 2.08. The molecule has 0 aromatic heterocycles. The molecule has 0 radical (unpaired) electrons. The Labute approximate surface area is 100.0 Å². The molecule has 0 amide bonds. The monoisotopic (exact) mass is 225 g/mol. The maximum Gasteiger partial charge on any atom is 0.0357 e. The molecule has 0 aromatic carbocycles. The van der Waals surface area contributed by atoms with Crippen molar-refractivity contribution in [2.24, 2.45) is 11.1 Å². The number of hydrogen-bond donors (Lipinski definition) is 1. The fourth-order valence-corrected chi connectivity index (χ4v) is 3.02. The molecule has 1 aliphatic carbocycles. The van der Waals surface area contributed by atoms with Crippen LogP contribution in [0.2, 0.25) is 0 Å². The van der Waals surface area contributed by atoms with E-state index in [1.54, 1.807) is 0 Å². The molecule has 2 aliphatic rings. The van der Waals surface area contributed by atoms with Crippen molar-refractivity contribution >= 4 is 0 Å². The lowest BCUT2D eigenvalue weighted by Crippen LogP contribution is -2.57. The van der Waals surface area contributed by atoms with Crippen molar-refractivity contribution in [3.05, 3.63) is 0 Å². The summed E-state index contributed by atoms with van der Waals surface area (Å²) in [6.45, 7) is 10.4. The van der Waals surface area contributed by atoms with Crippen LogP contribution in [-0.2, 0) is 0 Å². The Hall–Kier alpha value is -0.120. The molecule has 1 atom stereocenters. The molecule has 3 heteroatoms. The first-order valence-corrected chi connectivity index (χ1v) is 6.65. The first kappa shape index (κ1) is 12.3. The van der Waals surface area contributed by atoms with E-state index in [0.29, 0.717) is 5.41 Å². The standard InChI is InChI=1S/C13H27N3/c1-12(5-6-12)13(2,11-14)16-8-4-7-15(3)9-10-16/h4-11,14H2,1-3H3. The molecule has 16 heavy (non-hydrogen) atoms. The van der Waals surface area contributed by atoms with Gasteiger partial charge in [-0.15, -0.1) is 0 Å². The fraction of sp³-hybridized carbons (Fsp3) is 1.00. The van der Waals surface area contributed by atoms with E-state index in [2.05, 4.69) is 30.7 Å².